The van der Waals surface area contributed by atoms with Crippen molar-refractivity contribution in [3.63, 3.8) is 0 Å². The van der Waals surface area contributed by atoms with Crippen molar-refractivity contribution in [3.8, 4) is 0 Å². The lowest BCUT2D eigenvalue weighted by atomic mass is 10.2. The maximum absolute atomic E-state index is 4.45. The predicted molar refractivity (Wildman–Crippen MR) is 81.0 cm³/mol. The lowest BCUT2D eigenvalue weighted by Gasteiger charge is -2.03. The van der Waals surface area contributed by atoms with Gasteiger partial charge in [0.1, 0.15) is 5.82 Å². The Bertz CT molecular complexity index is 727. The molecular weight excluding hydrogens is 264 g/mol. The molecule has 3 heterocycles. The smallest absolute Gasteiger partial charge is 0.160 e. The van der Waals surface area contributed by atoms with Crippen LogP contribution in [0.4, 0.5) is 0 Å². The number of pyridine rings is 1. The van der Waals surface area contributed by atoms with Crippen molar-refractivity contribution in [2.45, 2.75) is 26.3 Å². The minimum absolute atomic E-state index is 0.841. The third-order valence-corrected chi connectivity index (χ3v) is 3.55. The molecule has 0 aliphatic heterocycles. The fraction of sp³-hybridized carbons (Fsp3) is 0.400. The van der Waals surface area contributed by atoms with Crippen LogP contribution in [0.1, 0.15) is 24.0 Å². The van der Waals surface area contributed by atoms with E-state index in [9.17, 15) is 0 Å². The van der Waals surface area contributed by atoms with Crippen LogP contribution in [0.2, 0.25) is 0 Å². The van der Waals surface area contributed by atoms with Gasteiger partial charge in [0.05, 0.1) is 5.69 Å². The number of rotatable bonds is 6. The number of hydrogen-bond donors (Lipinski definition) is 1. The van der Waals surface area contributed by atoms with Crippen LogP contribution in [0.25, 0.3) is 5.65 Å². The van der Waals surface area contributed by atoms with Crippen molar-refractivity contribution >= 4 is 5.65 Å². The second-order valence-corrected chi connectivity index (χ2v) is 5.10. The fourth-order valence-electron chi connectivity index (χ4n) is 2.51. The van der Waals surface area contributed by atoms with E-state index < -0.39 is 0 Å². The SMILES string of the molecule is CCc1nn(C)cc1CNCCc1nnc2ccccn12. The minimum Gasteiger partial charge on any atom is -0.312 e. The van der Waals surface area contributed by atoms with Crippen molar-refractivity contribution in [1.82, 2.24) is 29.7 Å². The Balaban J connectivity index is 1.56. The largest absolute Gasteiger partial charge is 0.312 e. The predicted octanol–water partition coefficient (Wildman–Crippen LogP) is 1.36. The maximum Gasteiger partial charge on any atom is 0.160 e. The molecule has 0 bridgehead atoms. The molecular formula is C15H20N6. The van der Waals surface area contributed by atoms with Gasteiger partial charge in [-0.2, -0.15) is 5.10 Å². The summed E-state index contributed by atoms with van der Waals surface area (Å²) in [5.74, 6) is 0.986. The highest BCUT2D eigenvalue weighted by Crippen LogP contribution is 2.07. The molecule has 3 rings (SSSR count). The molecule has 3 aromatic heterocycles. The number of fused-ring (bicyclic) bond motifs is 1. The highest BCUT2D eigenvalue weighted by molar-refractivity contribution is 5.37. The first-order chi connectivity index (χ1) is 10.3. The second kappa shape index (κ2) is 6.05. The summed E-state index contributed by atoms with van der Waals surface area (Å²) >= 11 is 0. The van der Waals surface area contributed by atoms with Gasteiger partial charge in [-0.1, -0.05) is 13.0 Å². The first kappa shape index (κ1) is 13.8. The van der Waals surface area contributed by atoms with Crippen LogP contribution >= 0.6 is 0 Å². The molecule has 0 saturated carbocycles. The minimum atomic E-state index is 0.841. The summed E-state index contributed by atoms with van der Waals surface area (Å²) in [6.07, 6.45) is 5.90. The quantitative estimate of drug-likeness (QED) is 0.694. The summed E-state index contributed by atoms with van der Waals surface area (Å²) in [5.41, 5.74) is 3.33. The summed E-state index contributed by atoms with van der Waals surface area (Å²) < 4.78 is 3.91. The molecule has 110 valence electrons. The van der Waals surface area contributed by atoms with Gasteiger partial charge < -0.3 is 5.32 Å². The Morgan fingerprint density at radius 2 is 2.14 bits per heavy atom. The van der Waals surface area contributed by atoms with Crippen molar-refractivity contribution in [1.29, 1.82) is 0 Å². The molecule has 21 heavy (non-hydrogen) atoms. The third-order valence-electron chi connectivity index (χ3n) is 3.55. The highest BCUT2D eigenvalue weighted by atomic mass is 15.3. The van der Waals surface area contributed by atoms with Gasteiger partial charge >= 0.3 is 0 Å². The van der Waals surface area contributed by atoms with E-state index in [0.29, 0.717) is 0 Å². The van der Waals surface area contributed by atoms with Gasteiger partial charge in [0.15, 0.2) is 5.65 Å². The Morgan fingerprint density at radius 3 is 3.00 bits per heavy atom. The zero-order valence-electron chi connectivity index (χ0n) is 12.5. The molecule has 0 aromatic carbocycles. The number of hydrogen-bond acceptors (Lipinski definition) is 4. The first-order valence-corrected chi connectivity index (χ1v) is 7.28. The van der Waals surface area contributed by atoms with Gasteiger partial charge in [0.25, 0.3) is 0 Å². The van der Waals surface area contributed by atoms with Crippen LogP contribution in [0.15, 0.2) is 30.6 Å². The Hall–Kier alpha value is -2.21. The lowest BCUT2D eigenvalue weighted by molar-refractivity contribution is 0.663. The van der Waals surface area contributed by atoms with E-state index in [0.717, 1.165) is 43.1 Å². The van der Waals surface area contributed by atoms with Crippen LogP contribution in [0.5, 0.6) is 0 Å². The normalized spacial score (nSPS) is 11.3. The van der Waals surface area contributed by atoms with E-state index in [4.69, 9.17) is 0 Å². The monoisotopic (exact) mass is 284 g/mol. The lowest BCUT2D eigenvalue weighted by Crippen LogP contribution is -2.18. The molecule has 6 heteroatoms. The van der Waals surface area contributed by atoms with Gasteiger partial charge in [0.2, 0.25) is 0 Å². The summed E-state index contributed by atoms with van der Waals surface area (Å²) in [4.78, 5) is 0. The van der Waals surface area contributed by atoms with E-state index >= 15 is 0 Å². The second-order valence-electron chi connectivity index (χ2n) is 5.10. The van der Waals surface area contributed by atoms with Crippen LogP contribution in [0.3, 0.4) is 0 Å². The molecule has 0 unspecified atom stereocenters. The standard InChI is InChI=1S/C15H20N6/c1-3-13-12(11-20(2)19-13)10-16-8-7-15-18-17-14-6-4-5-9-21(14)15/h4-6,9,11,16H,3,7-8,10H2,1-2H3. The molecule has 3 aromatic rings. The molecule has 0 amide bonds. The molecule has 0 radical (unpaired) electrons. The summed E-state index contributed by atoms with van der Waals surface area (Å²) in [5, 5.41) is 16.3. The van der Waals surface area contributed by atoms with Crippen LogP contribution in [-0.4, -0.2) is 30.9 Å². The van der Waals surface area contributed by atoms with Crippen molar-refractivity contribution in [2.24, 2.45) is 7.05 Å². The Labute approximate surface area is 123 Å². The molecule has 6 nitrogen and oxygen atoms in total. The van der Waals surface area contributed by atoms with Crippen molar-refractivity contribution < 1.29 is 0 Å². The molecule has 0 aliphatic rings. The average molecular weight is 284 g/mol. The van der Waals surface area contributed by atoms with E-state index in [1.54, 1.807) is 0 Å². The van der Waals surface area contributed by atoms with Crippen LogP contribution in [-0.2, 0) is 26.4 Å². The summed E-state index contributed by atoms with van der Waals surface area (Å²) in [6, 6.07) is 5.93. The molecule has 0 fully saturated rings. The highest BCUT2D eigenvalue weighted by Gasteiger charge is 2.06. The van der Waals surface area contributed by atoms with Gasteiger partial charge in [0, 0.05) is 44.5 Å². The van der Waals surface area contributed by atoms with E-state index in [-0.39, 0.29) is 0 Å². The molecule has 0 atom stereocenters. The number of aromatic nitrogens is 5. The van der Waals surface area contributed by atoms with Gasteiger partial charge in [-0.25, -0.2) is 0 Å². The molecule has 0 saturated heterocycles. The van der Waals surface area contributed by atoms with Crippen LogP contribution in [0, 0.1) is 0 Å². The van der Waals surface area contributed by atoms with E-state index in [2.05, 4.69) is 33.7 Å². The first-order valence-electron chi connectivity index (χ1n) is 7.28. The topological polar surface area (TPSA) is 60.0 Å². The molecule has 1 N–H and O–H groups in total. The number of nitrogens with zero attached hydrogens (tertiary/aromatic N) is 5. The summed E-state index contributed by atoms with van der Waals surface area (Å²) in [7, 11) is 1.96. The van der Waals surface area contributed by atoms with Gasteiger partial charge in [-0.3, -0.25) is 9.08 Å². The summed E-state index contributed by atoms with van der Waals surface area (Å²) in [6.45, 7) is 3.84. The van der Waals surface area contributed by atoms with Crippen molar-refractivity contribution in [3.05, 3.63) is 47.7 Å². The zero-order chi connectivity index (χ0) is 14.7. The Kier molecular flexibility index (Phi) is 3.96. The number of nitrogens with one attached hydrogen (secondary N) is 1. The molecule has 0 aliphatic carbocycles. The van der Waals surface area contributed by atoms with Gasteiger partial charge in [-0.15, -0.1) is 10.2 Å². The van der Waals surface area contributed by atoms with E-state index in [1.807, 2.05) is 40.5 Å². The van der Waals surface area contributed by atoms with E-state index in [1.165, 1.54) is 5.56 Å². The Morgan fingerprint density at radius 1 is 1.24 bits per heavy atom. The van der Waals surface area contributed by atoms with Gasteiger partial charge in [-0.05, 0) is 18.6 Å². The maximum atomic E-state index is 4.45. The zero-order valence-corrected chi connectivity index (χ0v) is 12.5. The fourth-order valence-corrected chi connectivity index (χ4v) is 2.51. The van der Waals surface area contributed by atoms with Crippen LogP contribution < -0.4 is 5.32 Å². The molecule has 0 spiro atoms. The number of aryl methyl sites for hydroxylation is 2. The van der Waals surface area contributed by atoms with Crippen molar-refractivity contribution in [2.75, 3.05) is 6.54 Å². The average Bonchev–Trinajstić information content (AvgIpc) is 3.07. The third kappa shape index (κ3) is 2.95.